The van der Waals surface area contributed by atoms with Crippen LogP contribution in [0.1, 0.15) is 31.2 Å². The molecule has 0 aliphatic carbocycles. The minimum Gasteiger partial charge on any atom is -0.322 e. The zero-order valence-corrected chi connectivity index (χ0v) is 14.0. The van der Waals surface area contributed by atoms with E-state index >= 15 is 0 Å². The molecule has 8 nitrogen and oxygen atoms in total. The molecule has 0 spiro atoms. The third-order valence-electron chi connectivity index (χ3n) is 4.02. The maximum atomic E-state index is 13.1. The van der Waals surface area contributed by atoms with Crippen LogP contribution in [0.25, 0.3) is 5.69 Å². The fourth-order valence-corrected chi connectivity index (χ4v) is 2.66. The van der Waals surface area contributed by atoms with Crippen molar-refractivity contribution in [3.63, 3.8) is 0 Å². The van der Waals surface area contributed by atoms with Crippen molar-refractivity contribution in [2.24, 2.45) is 0 Å². The van der Waals surface area contributed by atoms with Crippen LogP contribution in [-0.2, 0) is 4.84 Å². The van der Waals surface area contributed by atoms with Crippen LogP contribution in [0.3, 0.4) is 0 Å². The lowest BCUT2D eigenvalue weighted by molar-refractivity contribution is -0.0590. The highest BCUT2D eigenvalue weighted by atomic mass is 19.1. The first kappa shape index (κ1) is 17.3. The molecule has 2 heterocycles. The third-order valence-corrected chi connectivity index (χ3v) is 4.02. The van der Waals surface area contributed by atoms with Gasteiger partial charge in [-0.25, -0.2) is 13.9 Å². The molecular formula is C19H10FN3O5. The summed E-state index contributed by atoms with van der Waals surface area (Å²) in [5.74, 6) is -3.36. The topological polar surface area (TPSA) is 98.6 Å². The monoisotopic (exact) mass is 379 g/mol. The molecule has 28 heavy (non-hydrogen) atoms. The third kappa shape index (κ3) is 2.84. The standard InChI is InChI=1S/C19H10FN3O5/c20-11-5-7-12(8-6-11)22-10-9-15(24)16(21-22)19(27)28-23-17(25)13-3-1-2-4-14(13)18(23)26/h1-10H. The van der Waals surface area contributed by atoms with E-state index in [1.165, 1.54) is 47.3 Å². The zero-order valence-electron chi connectivity index (χ0n) is 14.0. The minimum atomic E-state index is -1.27. The molecule has 138 valence electrons. The number of imide groups is 1. The molecule has 0 radical (unpaired) electrons. The molecular weight excluding hydrogens is 369 g/mol. The Bertz CT molecular complexity index is 1150. The first-order valence-electron chi connectivity index (χ1n) is 8.02. The molecule has 0 atom stereocenters. The number of halogens is 1. The number of nitrogens with zero attached hydrogens (tertiary/aromatic N) is 3. The number of carbonyl (C=O) groups excluding carboxylic acids is 3. The Morgan fingerprint density at radius 3 is 2.11 bits per heavy atom. The van der Waals surface area contributed by atoms with Gasteiger partial charge in [0.05, 0.1) is 16.8 Å². The molecule has 0 N–H and O–H groups in total. The van der Waals surface area contributed by atoms with Gasteiger partial charge in [-0.2, -0.15) is 5.10 Å². The first-order chi connectivity index (χ1) is 13.5. The fourth-order valence-electron chi connectivity index (χ4n) is 2.66. The fraction of sp³-hybridized carbons (Fsp3) is 0. The lowest BCUT2D eigenvalue weighted by Crippen LogP contribution is -2.35. The number of rotatable bonds is 3. The van der Waals surface area contributed by atoms with Crippen molar-refractivity contribution >= 4 is 17.8 Å². The normalized spacial score (nSPS) is 12.8. The zero-order chi connectivity index (χ0) is 19.8. The molecule has 4 rings (SSSR count). The number of hydrogen-bond acceptors (Lipinski definition) is 6. The van der Waals surface area contributed by atoms with Gasteiger partial charge in [0.2, 0.25) is 11.1 Å². The smallest absolute Gasteiger partial charge is 0.322 e. The van der Waals surface area contributed by atoms with Crippen LogP contribution in [0.2, 0.25) is 0 Å². The molecule has 0 saturated carbocycles. The van der Waals surface area contributed by atoms with Gasteiger partial charge in [0, 0.05) is 12.3 Å². The van der Waals surface area contributed by atoms with Crippen molar-refractivity contribution in [2.45, 2.75) is 0 Å². The lowest BCUT2D eigenvalue weighted by Gasteiger charge is -2.12. The number of benzene rings is 2. The maximum Gasteiger partial charge on any atom is 0.388 e. The quantitative estimate of drug-likeness (QED) is 0.643. The second-order valence-electron chi connectivity index (χ2n) is 5.78. The van der Waals surface area contributed by atoms with Crippen molar-refractivity contribution in [2.75, 3.05) is 0 Å². The molecule has 2 aromatic carbocycles. The Balaban J connectivity index is 1.63. The highest BCUT2D eigenvalue weighted by molar-refractivity contribution is 6.21. The molecule has 1 aromatic heterocycles. The van der Waals surface area contributed by atoms with Crippen LogP contribution in [0.15, 0.2) is 65.6 Å². The second-order valence-corrected chi connectivity index (χ2v) is 5.78. The van der Waals surface area contributed by atoms with E-state index in [0.29, 0.717) is 10.8 Å². The van der Waals surface area contributed by atoms with Gasteiger partial charge in [-0.05, 0) is 36.4 Å². The second kappa shape index (κ2) is 6.54. The van der Waals surface area contributed by atoms with E-state index in [1.807, 2.05) is 0 Å². The summed E-state index contributed by atoms with van der Waals surface area (Å²) < 4.78 is 14.2. The summed E-state index contributed by atoms with van der Waals surface area (Å²) in [6, 6.07) is 12.2. The SMILES string of the molecule is O=C(ON1C(=O)c2ccccc2C1=O)c1nn(-c2ccc(F)cc2)ccc1=O. The maximum absolute atomic E-state index is 13.1. The van der Waals surface area contributed by atoms with Gasteiger partial charge in [0.25, 0.3) is 11.8 Å². The van der Waals surface area contributed by atoms with Crippen LogP contribution < -0.4 is 5.43 Å². The van der Waals surface area contributed by atoms with Gasteiger partial charge >= 0.3 is 5.97 Å². The van der Waals surface area contributed by atoms with Crippen molar-refractivity contribution in [1.29, 1.82) is 0 Å². The van der Waals surface area contributed by atoms with E-state index in [9.17, 15) is 23.6 Å². The van der Waals surface area contributed by atoms with E-state index in [0.717, 1.165) is 6.07 Å². The first-order valence-corrected chi connectivity index (χ1v) is 8.02. The van der Waals surface area contributed by atoms with Crippen LogP contribution in [0.4, 0.5) is 4.39 Å². The highest BCUT2D eigenvalue weighted by Crippen LogP contribution is 2.23. The number of amides is 2. The summed E-state index contributed by atoms with van der Waals surface area (Å²) in [5, 5.41) is 4.17. The number of aromatic nitrogens is 2. The molecule has 3 aromatic rings. The Labute approximate surface area is 156 Å². The summed E-state index contributed by atoms with van der Waals surface area (Å²) in [5.41, 5.74) is -0.838. The van der Waals surface area contributed by atoms with Crippen molar-refractivity contribution < 1.29 is 23.6 Å². The van der Waals surface area contributed by atoms with Crippen LogP contribution in [0.5, 0.6) is 0 Å². The van der Waals surface area contributed by atoms with Crippen LogP contribution in [0, 0.1) is 5.82 Å². The van der Waals surface area contributed by atoms with Crippen LogP contribution in [-0.4, -0.2) is 32.6 Å². The average molecular weight is 379 g/mol. The summed E-state index contributed by atoms with van der Waals surface area (Å²) in [6.45, 7) is 0. The minimum absolute atomic E-state index is 0.0880. The Hall–Kier alpha value is -4.14. The largest absolute Gasteiger partial charge is 0.388 e. The summed E-state index contributed by atoms with van der Waals surface area (Å²) in [7, 11) is 0. The molecule has 0 saturated heterocycles. The number of hydrogen-bond donors (Lipinski definition) is 0. The molecule has 0 fully saturated rings. The predicted molar refractivity (Wildman–Crippen MR) is 92.1 cm³/mol. The molecule has 2 amide bonds. The molecule has 0 unspecified atom stereocenters. The van der Waals surface area contributed by atoms with Gasteiger partial charge in [0.15, 0.2) is 0 Å². The van der Waals surface area contributed by atoms with E-state index in [1.54, 1.807) is 12.1 Å². The van der Waals surface area contributed by atoms with Gasteiger partial charge in [-0.3, -0.25) is 14.4 Å². The number of fused-ring (bicyclic) bond motifs is 1. The summed E-state index contributed by atoms with van der Waals surface area (Å²) >= 11 is 0. The van der Waals surface area contributed by atoms with Gasteiger partial charge in [-0.1, -0.05) is 17.2 Å². The van der Waals surface area contributed by atoms with E-state index < -0.39 is 34.7 Å². The van der Waals surface area contributed by atoms with E-state index in [-0.39, 0.29) is 11.1 Å². The van der Waals surface area contributed by atoms with Crippen molar-refractivity contribution in [1.82, 2.24) is 14.8 Å². The Morgan fingerprint density at radius 1 is 0.893 bits per heavy atom. The molecule has 1 aliphatic rings. The van der Waals surface area contributed by atoms with Crippen molar-refractivity contribution in [3.05, 3.63) is 93.7 Å². The highest BCUT2D eigenvalue weighted by Gasteiger charge is 2.39. The van der Waals surface area contributed by atoms with Gasteiger partial charge in [0.1, 0.15) is 5.82 Å². The molecule has 9 heteroatoms. The Kier molecular flexibility index (Phi) is 4.04. The van der Waals surface area contributed by atoms with Gasteiger partial charge in [-0.15, -0.1) is 0 Å². The molecule has 1 aliphatic heterocycles. The van der Waals surface area contributed by atoms with Crippen LogP contribution >= 0.6 is 0 Å². The summed E-state index contributed by atoms with van der Waals surface area (Å²) in [4.78, 5) is 53.8. The number of hydroxylamine groups is 2. The van der Waals surface area contributed by atoms with Gasteiger partial charge < -0.3 is 4.84 Å². The molecule has 0 bridgehead atoms. The Morgan fingerprint density at radius 2 is 1.50 bits per heavy atom. The predicted octanol–water partition coefficient (Wildman–Crippen LogP) is 1.74. The lowest BCUT2D eigenvalue weighted by atomic mass is 10.1. The number of carbonyl (C=O) groups is 3. The average Bonchev–Trinajstić information content (AvgIpc) is 2.94. The van der Waals surface area contributed by atoms with E-state index in [2.05, 4.69) is 5.10 Å². The summed E-state index contributed by atoms with van der Waals surface area (Å²) in [6.07, 6.45) is 1.29. The van der Waals surface area contributed by atoms with E-state index in [4.69, 9.17) is 4.84 Å². The van der Waals surface area contributed by atoms with Crippen molar-refractivity contribution in [3.8, 4) is 5.69 Å².